The van der Waals surface area contributed by atoms with Gasteiger partial charge in [0.25, 0.3) is 0 Å². The van der Waals surface area contributed by atoms with Crippen molar-refractivity contribution in [2.24, 2.45) is 11.3 Å². The SMILES string of the molecule is Cc1cc(-c2ccc(CC(=O)C[C@@H]3CCOCC3(C)C)cc2)ccn1. The van der Waals surface area contributed by atoms with Crippen LogP contribution in [0.1, 0.15) is 37.9 Å². The van der Waals surface area contributed by atoms with Crippen LogP contribution in [-0.4, -0.2) is 24.0 Å². The molecule has 0 amide bonds. The zero-order valence-electron chi connectivity index (χ0n) is 15.4. The molecule has 132 valence electrons. The molecular formula is C22H27NO2. The smallest absolute Gasteiger partial charge is 0.137 e. The van der Waals surface area contributed by atoms with Crippen LogP contribution in [0.2, 0.25) is 0 Å². The van der Waals surface area contributed by atoms with Gasteiger partial charge in [-0.3, -0.25) is 9.78 Å². The minimum Gasteiger partial charge on any atom is -0.381 e. The Morgan fingerprint density at radius 1 is 1.20 bits per heavy atom. The third kappa shape index (κ3) is 4.55. The molecule has 2 heterocycles. The lowest BCUT2D eigenvalue weighted by Gasteiger charge is -2.38. The molecule has 0 unspecified atom stereocenters. The highest BCUT2D eigenvalue weighted by Gasteiger charge is 2.34. The van der Waals surface area contributed by atoms with Crippen LogP contribution in [0.15, 0.2) is 42.6 Å². The van der Waals surface area contributed by atoms with Gasteiger partial charge in [0.1, 0.15) is 5.78 Å². The molecule has 1 aliphatic rings. The molecule has 3 heteroatoms. The molecule has 0 aliphatic carbocycles. The minimum atomic E-state index is 0.0942. The fraction of sp³-hybridized carbons (Fsp3) is 0.455. The van der Waals surface area contributed by atoms with Crippen LogP contribution in [0.3, 0.4) is 0 Å². The maximum atomic E-state index is 12.5. The summed E-state index contributed by atoms with van der Waals surface area (Å²) in [5.41, 5.74) is 4.51. The number of carbonyl (C=O) groups excluding carboxylic acids is 1. The molecule has 1 aliphatic heterocycles. The van der Waals surface area contributed by atoms with E-state index in [4.69, 9.17) is 4.74 Å². The highest BCUT2D eigenvalue weighted by Crippen LogP contribution is 2.36. The van der Waals surface area contributed by atoms with Crippen LogP contribution in [0.5, 0.6) is 0 Å². The number of hydrogen-bond acceptors (Lipinski definition) is 3. The lowest BCUT2D eigenvalue weighted by molar-refractivity contribution is -0.122. The zero-order valence-corrected chi connectivity index (χ0v) is 15.4. The monoisotopic (exact) mass is 337 g/mol. The largest absolute Gasteiger partial charge is 0.381 e. The van der Waals surface area contributed by atoms with E-state index in [-0.39, 0.29) is 5.41 Å². The first-order valence-electron chi connectivity index (χ1n) is 9.05. The summed E-state index contributed by atoms with van der Waals surface area (Å²) in [5, 5.41) is 0. The van der Waals surface area contributed by atoms with Crippen molar-refractivity contribution in [2.45, 2.75) is 40.0 Å². The van der Waals surface area contributed by atoms with Crippen molar-refractivity contribution >= 4 is 5.78 Å². The molecule has 1 fully saturated rings. The lowest BCUT2D eigenvalue weighted by Crippen LogP contribution is -2.36. The Kier molecular flexibility index (Phi) is 5.33. The maximum Gasteiger partial charge on any atom is 0.137 e. The Labute approximate surface area is 150 Å². The van der Waals surface area contributed by atoms with Crippen molar-refractivity contribution in [3.8, 4) is 11.1 Å². The van der Waals surface area contributed by atoms with E-state index in [1.54, 1.807) is 0 Å². The summed E-state index contributed by atoms with van der Waals surface area (Å²) < 4.78 is 5.56. The average molecular weight is 337 g/mol. The summed E-state index contributed by atoms with van der Waals surface area (Å²) in [6.45, 7) is 7.94. The Balaban J connectivity index is 1.62. The molecule has 0 radical (unpaired) electrons. The molecule has 25 heavy (non-hydrogen) atoms. The number of benzene rings is 1. The van der Waals surface area contributed by atoms with E-state index in [1.165, 1.54) is 0 Å². The van der Waals surface area contributed by atoms with Gasteiger partial charge >= 0.3 is 0 Å². The van der Waals surface area contributed by atoms with Gasteiger partial charge in [0.15, 0.2) is 0 Å². The molecule has 0 spiro atoms. The molecule has 1 aromatic carbocycles. The summed E-state index contributed by atoms with van der Waals surface area (Å²) in [6.07, 6.45) is 3.99. The van der Waals surface area contributed by atoms with Gasteiger partial charge in [-0.25, -0.2) is 0 Å². The third-order valence-corrected chi connectivity index (χ3v) is 5.25. The van der Waals surface area contributed by atoms with Gasteiger partial charge in [-0.15, -0.1) is 0 Å². The Morgan fingerprint density at radius 2 is 1.96 bits per heavy atom. The van der Waals surface area contributed by atoms with Crippen LogP contribution in [-0.2, 0) is 16.0 Å². The first-order chi connectivity index (χ1) is 11.9. The first-order valence-corrected chi connectivity index (χ1v) is 9.05. The van der Waals surface area contributed by atoms with E-state index in [9.17, 15) is 4.79 Å². The summed E-state index contributed by atoms with van der Waals surface area (Å²) >= 11 is 0. The van der Waals surface area contributed by atoms with Crippen molar-refractivity contribution in [3.63, 3.8) is 0 Å². The predicted molar refractivity (Wildman–Crippen MR) is 100 cm³/mol. The molecule has 1 atom stereocenters. The Hall–Kier alpha value is -2.00. The molecule has 0 N–H and O–H groups in total. The Morgan fingerprint density at radius 3 is 2.64 bits per heavy atom. The number of hydrogen-bond donors (Lipinski definition) is 0. The van der Waals surface area contributed by atoms with Gasteiger partial charge in [0.2, 0.25) is 0 Å². The molecule has 1 saturated heterocycles. The standard InChI is InChI=1S/C22H27NO2/c1-16-12-19(8-10-23-16)18-6-4-17(5-7-18)13-21(24)14-20-9-11-25-15-22(20,2)3/h4-8,10,12,20H,9,11,13-15H2,1-3H3/t20-/m0/s1. The quantitative estimate of drug-likeness (QED) is 0.799. The molecule has 2 aromatic rings. The molecule has 3 nitrogen and oxygen atoms in total. The van der Waals surface area contributed by atoms with Gasteiger partial charge in [0.05, 0.1) is 6.61 Å². The van der Waals surface area contributed by atoms with Crippen LogP contribution in [0.4, 0.5) is 0 Å². The van der Waals surface area contributed by atoms with E-state index in [1.807, 2.05) is 19.2 Å². The zero-order chi connectivity index (χ0) is 17.9. The van der Waals surface area contributed by atoms with Gasteiger partial charge in [-0.1, -0.05) is 38.1 Å². The third-order valence-electron chi connectivity index (χ3n) is 5.25. The number of nitrogens with zero attached hydrogens (tertiary/aromatic N) is 1. The number of ether oxygens (including phenoxy) is 1. The number of carbonyl (C=O) groups is 1. The summed E-state index contributed by atoms with van der Waals surface area (Å²) in [6, 6.07) is 12.4. The van der Waals surface area contributed by atoms with Crippen LogP contribution >= 0.6 is 0 Å². The Bertz CT molecular complexity index is 734. The van der Waals surface area contributed by atoms with Crippen LogP contribution in [0, 0.1) is 18.3 Å². The van der Waals surface area contributed by atoms with Crippen LogP contribution < -0.4 is 0 Å². The molecule has 3 rings (SSSR count). The van der Waals surface area contributed by atoms with Gasteiger partial charge in [-0.05, 0) is 53.5 Å². The number of aromatic nitrogens is 1. The number of Topliss-reactive ketones (excluding diaryl/α,β-unsaturated/α-hetero) is 1. The maximum absolute atomic E-state index is 12.5. The van der Waals surface area contributed by atoms with Crippen molar-refractivity contribution in [2.75, 3.05) is 13.2 Å². The van der Waals surface area contributed by atoms with Crippen molar-refractivity contribution in [1.29, 1.82) is 0 Å². The fourth-order valence-corrected chi connectivity index (χ4v) is 3.56. The fourth-order valence-electron chi connectivity index (χ4n) is 3.56. The lowest BCUT2D eigenvalue weighted by atomic mass is 9.73. The van der Waals surface area contributed by atoms with E-state index < -0.39 is 0 Å². The van der Waals surface area contributed by atoms with Gasteiger partial charge in [0, 0.05) is 31.3 Å². The van der Waals surface area contributed by atoms with Crippen molar-refractivity contribution in [3.05, 3.63) is 53.9 Å². The number of pyridine rings is 1. The van der Waals surface area contributed by atoms with Crippen LogP contribution in [0.25, 0.3) is 11.1 Å². The topological polar surface area (TPSA) is 39.2 Å². The molecule has 0 bridgehead atoms. The van der Waals surface area contributed by atoms with Crippen molar-refractivity contribution < 1.29 is 9.53 Å². The number of ketones is 1. The number of rotatable bonds is 5. The first kappa shape index (κ1) is 17.8. The molecule has 0 saturated carbocycles. The molecular weight excluding hydrogens is 310 g/mol. The minimum absolute atomic E-state index is 0.0942. The van der Waals surface area contributed by atoms with Gasteiger partial charge < -0.3 is 4.74 Å². The second-order valence-corrected chi connectivity index (χ2v) is 7.83. The van der Waals surface area contributed by atoms with E-state index >= 15 is 0 Å². The van der Waals surface area contributed by atoms with Crippen molar-refractivity contribution in [1.82, 2.24) is 4.98 Å². The van der Waals surface area contributed by atoms with E-state index in [0.717, 1.165) is 42.0 Å². The summed E-state index contributed by atoms with van der Waals surface area (Å²) in [5.74, 6) is 0.750. The van der Waals surface area contributed by atoms with E-state index in [2.05, 4.69) is 49.2 Å². The highest BCUT2D eigenvalue weighted by atomic mass is 16.5. The molecule has 1 aromatic heterocycles. The predicted octanol–water partition coefficient (Wildman–Crippen LogP) is 4.62. The summed E-state index contributed by atoms with van der Waals surface area (Å²) in [4.78, 5) is 16.8. The average Bonchev–Trinajstić information content (AvgIpc) is 2.57. The van der Waals surface area contributed by atoms with Gasteiger partial charge in [-0.2, -0.15) is 0 Å². The second-order valence-electron chi connectivity index (χ2n) is 7.83. The second kappa shape index (κ2) is 7.49. The summed E-state index contributed by atoms with van der Waals surface area (Å²) in [7, 11) is 0. The van der Waals surface area contributed by atoms with E-state index in [0.29, 0.717) is 24.5 Å². The highest BCUT2D eigenvalue weighted by molar-refractivity contribution is 5.81. The normalized spacial score (nSPS) is 19.6. The number of aryl methyl sites for hydroxylation is 1.